The number of carbonyl (C=O) groups excluding carboxylic acids is 1. The minimum Gasteiger partial charge on any atom is -0.486 e. The van der Waals surface area contributed by atoms with E-state index in [1.54, 1.807) is 6.07 Å². The van der Waals surface area contributed by atoms with Gasteiger partial charge in [0.15, 0.2) is 11.5 Å². The molecule has 1 aromatic carbocycles. The second-order valence-corrected chi connectivity index (χ2v) is 4.07. The second kappa shape index (κ2) is 7.22. The van der Waals surface area contributed by atoms with E-state index < -0.39 is 12.2 Å². The molecule has 3 N–H and O–H groups in total. The third kappa shape index (κ3) is 4.34. The van der Waals surface area contributed by atoms with Crippen LogP contribution in [0, 0.1) is 0 Å². The molecule has 7 nitrogen and oxygen atoms in total. The predicted molar refractivity (Wildman–Crippen MR) is 72.4 cm³/mol. The van der Waals surface area contributed by atoms with Gasteiger partial charge in [0, 0.05) is 26.1 Å². The summed E-state index contributed by atoms with van der Waals surface area (Å²) in [6.45, 7) is 1.99. The summed E-state index contributed by atoms with van der Waals surface area (Å²) in [5.74, 6) is 1.17. The van der Waals surface area contributed by atoms with Crippen LogP contribution in [0.3, 0.4) is 0 Å². The Bertz CT molecular complexity index is 490. The maximum absolute atomic E-state index is 11.1. The summed E-state index contributed by atoms with van der Waals surface area (Å²) in [5, 5.41) is 12.0. The van der Waals surface area contributed by atoms with Gasteiger partial charge in [-0.2, -0.15) is 0 Å². The Morgan fingerprint density at radius 1 is 1.35 bits per heavy atom. The van der Waals surface area contributed by atoms with Gasteiger partial charge in [-0.25, -0.2) is 9.59 Å². The van der Waals surface area contributed by atoms with Crippen LogP contribution in [-0.2, 0) is 6.42 Å². The lowest BCUT2D eigenvalue weighted by Crippen LogP contribution is -2.22. The van der Waals surface area contributed by atoms with Crippen LogP contribution in [0.4, 0.5) is 9.59 Å². The topological polar surface area (TPSA) is 96.9 Å². The standard InChI is InChI=1S/C11H13NO3.C2H5NO2/c1-7-6-8-4-3-5-9(10(8)14-7)15-11(13)12-2;1-3-2(4)5/h3-5,7H,6H2,1-2H3,(H,12,13);3H,1H3,(H,4,5). The van der Waals surface area contributed by atoms with Crippen molar-refractivity contribution in [3.05, 3.63) is 23.8 Å². The summed E-state index contributed by atoms with van der Waals surface area (Å²) in [6, 6.07) is 5.57. The van der Waals surface area contributed by atoms with Crippen LogP contribution in [-0.4, -0.2) is 37.5 Å². The molecule has 0 radical (unpaired) electrons. The van der Waals surface area contributed by atoms with Gasteiger partial charge in [-0.05, 0) is 13.0 Å². The zero-order chi connectivity index (χ0) is 15.1. The third-order valence-electron chi connectivity index (χ3n) is 2.51. The van der Waals surface area contributed by atoms with Crippen molar-refractivity contribution in [1.29, 1.82) is 0 Å². The van der Waals surface area contributed by atoms with Crippen molar-refractivity contribution < 1.29 is 24.2 Å². The Morgan fingerprint density at radius 2 is 2.00 bits per heavy atom. The maximum atomic E-state index is 11.1. The molecule has 2 amide bonds. The third-order valence-corrected chi connectivity index (χ3v) is 2.51. The molecule has 1 aromatic rings. The van der Waals surface area contributed by atoms with E-state index in [0.717, 1.165) is 12.0 Å². The zero-order valence-corrected chi connectivity index (χ0v) is 11.6. The lowest BCUT2D eigenvalue weighted by molar-refractivity contribution is 0.196. The molecule has 1 unspecified atom stereocenters. The van der Waals surface area contributed by atoms with E-state index in [2.05, 4.69) is 5.32 Å². The number of fused-ring (bicyclic) bond motifs is 1. The van der Waals surface area contributed by atoms with Crippen molar-refractivity contribution in [3.8, 4) is 11.5 Å². The molecule has 0 aliphatic carbocycles. The number of ether oxygens (including phenoxy) is 2. The lowest BCUT2D eigenvalue weighted by atomic mass is 10.1. The Balaban J connectivity index is 0.000000347. The minimum atomic E-state index is -0.995. The average Bonchev–Trinajstić information content (AvgIpc) is 2.80. The van der Waals surface area contributed by atoms with Gasteiger partial charge in [-0.15, -0.1) is 0 Å². The number of rotatable bonds is 1. The molecule has 0 aromatic heterocycles. The molecule has 20 heavy (non-hydrogen) atoms. The molecule has 0 saturated carbocycles. The first-order chi connectivity index (χ1) is 9.47. The highest BCUT2D eigenvalue weighted by molar-refractivity contribution is 5.71. The van der Waals surface area contributed by atoms with Crippen LogP contribution in [0.25, 0.3) is 0 Å². The SMILES string of the molecule is CNC(=O)O.CNC(=O)Oc1cccc2c1OC(C)C2. The highest BCUT2D eigenvalue weighted by atomic mass is 16.6. The average molecular weight is 282 g/mol. The fourth-order valence-corrected chi connectivity index (χ4v) is 1.64. The van der Waals surface area contributed by atoms with Gasteiger partial charge < -0.3 is 25.2 Å². The van der Waals surface area contributed by atoms with Crippen LogP contribution in [0.2, 0.25) is 0 Å². The number of hydrogen-bond donors (Lipinski definition) is 3. The molecule has 1 aliphatic heterocycles. The number of carbonyl (C=O) groups is 2. The van der Waals surface area contributed by atoms with Crippen molar-refractivity contribution >= 4 is 12.2 Å². The first-order valence-corrected chi connectivity index (χ1v) is 6.06. The first-order valence-electron chi connectivity index (χ1n) is 6.06. The molecule has 1 atom stereocenters. The van der Waals surface area contributed by atoms with Crippen molar-refractivity contribution in [2.24, 2.45) is 0 Å². The molecule has 0 spiro atoms. The molecule has 7 heteroatoms. The second-order valence-electron chi connectivity index (χ2n) is 4.07. The van der Waals surface area contributed by atoms with E-state index in [9.17, 15) is 9.59 Å². The number of amides is 2. The first kappa shape index (κ1) is 15.6. The highest BCUT2D eigenvalue weighted by Crippen LogP contribution is 2.37. The van der Waals surface area contributed by atoms with Gasteiger partial charge in [-0.3, -0.25) is 0 Å². The summed E-state index contributed by atoms with van der Waals surface area (Å²) in [5.41, 5.74) is 1.09. The molecule has 1 heterocycles. The van der Waals surface area contributed by atoms with E-state index in [1.807, 2.05) is 24.4 Å². The molecule has 1 aliphatic rings. The minimum absolute atomic E-state index is 0.148. The van der Waals surface area contributed by atoms with Gasteiger partial charge in [0.1, 0.15) is 6.10 Å². The molecule has 110 valence electrons. The lowest BCUT2D eigenvalue weighted by Gasteiger charge is -2.08. The number of nitrogens with one attached hydrogen (secondary N) is 2. The van der Waals surface area contributed by atoms with Crippen molar-refractivity contribution in [3.63, 3.8) is 0 Å². The number of hydrogen-bond acceptors (Lipinski definition) is 4. The maximum Gasteiger partial charge on any atom is 0.412 e. The fourth-order valence-electron chi connectivity index (χ4n) is 1.64. The normalized spacial score (nSPS) is 15.1. The molecule has 2 rings (SSSR count). The highest BCUT2D eigenvalue weighted by Gasteiger charge is 2.23. The molecule has 0 bridgehead atoms. The Labute approximate surface area is 116 Å². The number of benzene rings is 1. The van der Waals surface area contributed by atoms with E-state index in [-0.39, 0.29) is 6.10 Å². The molecule has 0 fully saturated rings. The van der Waals surface area contributed by atoms with Crippen LogP contribution >= 0.6 is 0 Å². The quantitative estimate of drug-likeness (QED) is 0.727. The van der Waals surface area contributed by atoms with Crippen molar-refractivity contribution in [1.82, 2.24) is 10.6 Å². The molecule has 0 saturated heterocycles. The molecular weight excluding hydrogens is 264 g/mol. The van der Waals surface area contributed by atoms with Gasteiger partial charge in [-0.1, -0.05) is 12.1 Å². The van der Waals surface area contributed by atoms with E-state index in [1.165, 1.54) is 14.1 Å². The zero-order valence-electron chi connectivity index (χ0n) is 11.6. The van der Waals surface area contributed by atoms with Crippen molar-refractivity contribution in [2.45, 2.75) is 19.4 Å². The van der Waals surface area contributed by atoms with Crippen LogP contribution < -0.4 is 20.1 Å². The summed E-state index contributed by atoms with van der Waals surface area (Å²) < 4.78 is 10.7. The number of para-hydroxylation sites is 1. The summed E-state index contributed by atoms with van der Waals surface area (Å²) in [4.78, 5) is 20.3. The largest absolute Gasteiger partial charge is 0.486 e. The van der Waals surface area contributed by atoms with E-state index >= 15 is 0 Å². The summed E-state index contributed by atoms with van der Waals surface area (Å²) in [7, 11) is 2.87. The van der Waals surface area contributed by atoms with Crippen LogP contribution in [0.15, 0.2) is 18.2 Å². The molecular formula is C13H18N2O5. The van der Waals surface area contributed by atoms with E-state index in [4.69, 9.17) is 14.6 Å². The summed E-state index contributed by atoms with van der Waals surface area (Å²) >= 11 is 0. The van der Waals surface area contributed by atoms with Gasteiger partial charge in [0.05, 0.1) is 0 Å². The van der Waals surface area contributed by atoms with Gasteiger partial charge >= 0.3 is 12.2 Å². The van der Waals surface area contributed by atoms with Crippen molar-refractivity contribution in [2.75, 3.05) is 14.1 Å². The van der Waals surface area contributed by atoms with Gasteiger partial charge in [0.2, 0.25) is 0 Å². The van der Waals surface area contributed by atoms with Crippen LogP contribution in [0.1, 0.15) is 12.5 Å². The number of carboxylic acid groups (broad SMARTS) is 1. The Hall–Kier alpha value is -2.44. The van der Waals surface area contributed by atoms with Gasteiger partial charge in [0.25, 0.3) is 0 Å². The van der Waals surface area contributed by atoms with Crippen LogP contribution in [0.5, 0.6) is 11.5 Å². The predicted octanol–water partition coefficient (Wildman–Crippen LogP) is 1.61. The fraction of sp³-hybridized carbons (Fsp3) is 0.385. The smallest absolute Gasteiger partial charge is 0.412 e. The summed E-state index contributed by atoms with van der Waals surface area (Å²) in [6.07, 6.45) is -0.466. The van der Waals surface area contributed by atoms with E-state index in [0.29, 0.717) is 11.5 Å². The Morgan fingerprint density at radius 3 is 2.55 bits per heavy atom. The Kier molecular flexibility index (Phi) is 5.64. The monoisotopic (exact) mass is 282 g/mol.